The number of nitrogens with zero attached hydrogens (tertiary/aromatic N) is 1. The molecule has 0 saturated heterocycles. The monoisotopic (exact) mass is 286 g/mol. The van der Waals surface area contributed by atoms with Crippen LogP contribution in [0.3, 0.4) is 0 Å². The molecule has 20 heavy (non-hydrogen) atoms. The van der Waals surface area contributed by atoms with Crippen molar-refractivity contribution in [2.75, 3.05) is 11.1 Å². The lowest BCUT2D eigenvalue weighted by atomic mass is 10.1. The van der Waals surface area contributed by atoms with Crippen LogP contribution in [0.5, 0.6) is 0 Å². The molecule has 0 aliphatic carbocycles. The molecule has 0 saturated carbocycles. The van der Waals surface area contributed by atoms with E-state index in [0.717, 1.165) is 10.9 Å². The molecule has 4 N–H and O–H groups in total. The number of anilines is 2. The number of hydrogen-bond donors (Lipinski definition) is 3. The number of hydrogen-bond acceptors (Lipinski definition) is 3. The number of fused-ring (bicyclic) bond motifs is 1. The number of nitrogens with two attached hydrogens (primary N) is 1. The number of aromatic amines is 1. The van der Waals surface area contributed by atoms with E-state index in [2.05, 4.69) is 15.5 Å². The summed E-state index contributed by atoms with van der Waals surface area (Å²) in [4.78, 5) is 12.2. The van der Waals surface area contributed by atoms with Crippen molar-refractivity contribution in [2.45, 2.75) is 0 Å². The first-order valence-electron chi connectivity index (χ1n) is 5.93. The van der Waals surface area contributed by atoms with E-state index in [0.29, 0.717) is 22.0 Å². The van der Waals surface area contributed by atoms with Gasteiger partial charge >= 0.3 is 0 Å². The van der Waals surface area contributed by atoms with Gasteiger partial charge in [-0.3, -0.25) is 9.89 Å². The molecule has 0 atom stereocenters. The van der Waals surface area contributed by atoms with Crippen LogP contribution >= 0.6 is 11.6 Å². The third-order valence-corrected chi connectivity index (χ3v) is 3.13. The largest absolute Gasteiger partial charge is 0.399 e. The van der Waals surface area contributed by atoms with Crippen LogP contribution in [0.4, 0.5) is 11.4 Å². The molecule has 1 heterocycles. The Labute approximate surface area is 119 Å². The topological polar surface area (TPSA) is 83.8 Å². The zero-order valence-corrected chi connectivity index (χ0v) is 11.1. The SMILES string of the molecule is Nc1cc(Cl)cc(C(=O)Nc2cccc3[nH]ncc23)c1. The third-order valence-electron chi connectivity index (χ3n) is 2.92. The van der Waals surface area contributed by atoms with Gasteiger partial charge in [0.25, 0.3) is 5.91 Å². The molecule has 0 radical (unpaired) electrons. The highest BCUT2D eigenvalue weighted by atomic mass is 35.5. The highest BCUT2D eigenvalue weighted by molar-refractivity contribution is 6.31. The second-order valence-electron chi connectivity index (χ2n) is 4.36. The molecule has 0 spiro atoms. The zero-order valence-electron chi connectivity index (χ0n) is 10.4. The Hall–Kier alpha value is -2.53. The highest BCUT2D eigenvalue weighted by Crippen LogP contribution is 2.23. The molecule has 1 aromatic heterocycles. The van der Waals surface area contributed by atoms with Crippen molar-refractivity contribution < 1.29 is 4.79 Å². The minimum Gasteiger partial charge on any atom is -0.399 e. The molecule has 2 aromatic carbocycles. The van der Waals surface area contributed by atoms with E-state index in [1.165, 1.54) is 0 Å². The number of carbonyl (C=O) groups excluding carboxylic acids is 1. The van der Waals surface area contributed by atoms with Crippen molar-refractivity contribution in [3.63, 3.8) is 0 Å². The van der Waals surface area contributed by atoms with Crippen molar-refractivity contribution in [1.82, 2.24) is 10.2 Å². The summed E-state index contributed by atoms with van der Waals surface area (Å²) < 4.78 is 0. The van der Waals surface area contributed by atoms with Gasteiger partial charge in [-0.05, 0) is 30.3 Å². The minimum absolute atomic E-state index is 0.270. The Bertz CT molecular complexity index is 776. The number of amides is 1. The summed E-state index contributed by atoms with van der Waals surface area (Å²) in [5.74, 6) is -0.270. The van der Waals surface area contributed by atoms with Crippen LogP contribution in [-0.4, -0.2) is 16.1 Å². The Morgan fingerprint density at radius 3 is 2.95 bits per heavy atom. The molecule has 3 aromatic rings. The van der Waals surface area contributed by atoms with Crippen molar-refractivity contribution >= 4 is 39.8 Å². The van der Waals surface area contributed by atoms with Gasteiger partial charge in [0.15, 0.2) is 0 Å². The average Bonchev–Trinajstić information content (AvgIpc) is 2.87. The molecule has 0 aliphatic heterocycles. The summed E-state index contributed by atoms with van der Waals surface area (Å²) in [5.41, 5.74) is 8.08. The predicted molar refractivity (Wildman–Crippen MR) is 79.9 cm³/mol. The predicted octanol–water partition coefficient (Wildman–Crippen LogP) is 3.05. The number of halogens is 1. The van der Waals surface area contributed by atoms with Crippen LogP contribution in [0.2, 0.25) is 5.02 Å². The second-order valence-corrected chi connectivity index (χ2v) is 4.80. The van der Waals surface area contributed by atoms with Gasteiger partial charge in [-0.25, -0.2) is 0 Å². The molecule has 5 nitrogen and oxygen atoms in total. The number of rotatable bonds is 2. The fourth-order valence-corrected chi connectivity index (χ4v) is 2.26. The molecular weight excluding hydrogens is 276 g/mol. The Morgan fingerprint density at radius 1 is 1.30 bits per heavy atom. The van der Waals surface area contributed by atoms with Gasteiger partial charge in [-0.15, -0.1) is 0 Å². The summed E-state index contributed by atoms with van der Waals surface area (Å²) in [6.07, 6.45) is 1.66. The normalized spacial score (nSPS) is 10.7. The van der Waals surface area contributed by atoms with Crippen LogP contribution < -0.4 is 11.1 Å². The average molecular weight is 287 g/mol. The zero-order chi connectivity index (χ0) is 14.1. The molecular formula is C14H11ClN4O. The van der Waals surface area contributed by atoms with Crippen molar-refractivity contribution in [1.29, 1.82) is 0 Å². The number of nitrogens with one attached hydrogen (secondary N) is 2. The van der Waals surface area contributed by atoms with Gasteiger partial charge in [-0.2, -0.15) is 5.10 Å². The van der Waals surface area contributed by atoms with Crippen molar-refractivity contribution in [2.24, 2.45) is 0 Å². The van der Waals surface area contributed by atoms with Gasteiger partial charge in [0.05, 0.1) is 17.4 Å². The van der Waals surface area contributed by atoms with Crippen molar-refractivity contribution in [3.8, 4) is 0 Å². The lowest BCUT2D eigenvalue weighted by Crippen LogP contribution is -2.12. The number of benzene rings is 2. The maximum Gasteiger partial charge on any atom is 0.255 e. The summed E-state index contributed by atoms with van der Waals surface area (Å²) in [5, 5.41) is 10.9. The number of H-pyrrole nitrogens is 1. The van der Waals surface area contributed by atoms with Crippen LogP contribution in [0.1, 0.15) is 10.4 Å². The molecule has 6 heteroatoms. The first-order chi connectivity index (χ1) is 9.63. The van der Waals surface area contributed by atoms with Gasteiger partial charge in [0.2, 0.25) is 0 Å². The smallest absolute Gasteiger partial charge is 0.255 e. The van der Waals surface area contributed by atoms with E-state index in [1.807, 2.05) is 18.2 Å². The lowest BCUT2D eigenvalue weighted by Gasteiger charge is -2.07. The summed E-state index contributed by atoms with van der Waals surface area (Å²) in [7, 11) is 0. The van der Waals surface area contributed by atoms with E-state index < -0.39 is 0 Å². The van der Waals surface area contributed by atoms with E-state index in [4.69, 9.17) is 17.3 Å². The lowest BCUT2D eigenvalue weighted by molar-refractivity contribution is 0.102. The van der Waals surface area contributed by atoms with Crippen molar-refractivity contribution in [3.05, 3.63) is 53.2 Å². The fourth-order valence-electron chi connectivity index (χ4n) is 2.02. The second kappa shape index (κ2) is 4.86. The molecule has 0 aliphatic rings. The Morgan fingerprint density at radius 2 is 2.15 bits per heavy atom. The molecule has 1 amide bonds. The Balaban J connectivity index is 1.94. The van der Waals surface area contributed by atoms with Crippen LogP contribution in [0, 0.1) is 0 Å². The van der Waals surface area contributed by atoms with Crippen LogP contribution in [0.25, 0.3) is 10.9 Å². The number of aromatic nitrogens is 2. The van der Waals surface area contributed by atoms with Gasteiger partial charge in [0, 0.05) is 21.7 Å². The molecule has 100 valence electrons. The van der Waals surface area contributed by atoms with Crippen LogP contribution in [-0.2, 0) is 0 Å². The van der Waals surface area contributed by atoms with E-state index in [-0.39, 0.29) is 5.91 Å². The summed E-state index contributed by atoms with van der Waals surface area (Å²) in [6, 6.07) is 10.3. The molecule has 0 fully saturated rings. The molecule has 0 unspecified atom stereocenters. The summed E-state index contributed by atoms with van der Waals surface area (Å²) in [6.45, 7) is 0. The number of nitrogen functional groups attached to an aromatic ring is 1. The minimum atomic E-state index is -0.270. The third kappa shape index (κ3) is 2.31. The maximum absolute atomic E-state index is 12.2. The summed E-state index contributed by atoms with van der Waals surface area (Å²) >= 11 is 5.90. The van der Waals surface area contributed by atoms with E-state index in [1.54, 1.807) is 24.4 Å². The van der Waals surface area contributed by atoms with Gasteiger partial charge in [-0.1, -0.05) is 17.7 Å². The standard InChI is InChI=1S/C14H11ClN4O/c15-9-4-8(5-10(16)6-9)14(20)18-12-2-1-3-13-11(12)7-17-19-13/h1-7H,16H2,(H,17,19)(H,18,20). The molecule has 0 bridgehead atoms. The maximum atomic E-state index is 12.2. The van der Waals surface area contributed by atoms with E-state index >= 15 is 0 Å². The first kappa shape index (κ1) is 12.5. The highest BCUT2D eigenvalue weighted by Gasteiger charge is 2.10. The van der Waals surface area contributed by atoms with Crippen LogP contribution in [0.15, 0.2) is 42.6 Å². The quantitative estimate of drug-likeness (QED) is 0.633. The Kier molecular flexibility index (Phi) is 3.04. The van der Waals surface area contributed by atoms with E-state index in [9.17, 15) is 4.79 Å². The molecule has 3 rings (SSSR count). The fraction of sp³-hybridized carbons (Fsp3) is 0. The van der Waals surface area contributed by atoms with Gasteiger partial charge in [0.1, 0.15) is 0 Å². The number of carbonyl (C=O) groups is 1. The van der Waals surface area contributed by atoms with Gasteiger partial charge < -0.3 is 11.1 Å². The first-order valence-corrected chi connectivity index (χ1v) is 6.31.